The Morgan fingerprint density at radius 3 is 2.18 bits per heavy atom. The summed E-state index contributed by atoms with van der Waals surface area (Å²) < 4.78 is -0.147. The molecule has 0 atom stereocenters. The Hall–Kier alpha value is -0.630. The predicted octanol–water partition coefficient (Wildman–Crippen LogP) is 2.43. The fourth-order valence-corrected chi connectivity index (χ4v) is 1.26. The van der Waals surface area contributed by atoms with Gasteiger partial charge in [0, 0.05) is 10.4 Å². The van der Waals surface area contributed by atoms with Crippen molar-refractivity contribution >= 4 is 18.3 Å². The molecule has 0 spiro atoms. The Morgan fingerprint density at radius 1 is 1.27 bits per heavy atom. The summed E-state index contributed by atoms with van der Waals surface area (Å²) in [5.74, 6) is 0. The molecule has 2 heteroatoms. The molecule has 0 fully saturated rings. The third-order valence-corrected chi connectivity index (χ3v) is 1.86. The SMILES string of the molecule is CC(C)(S)c1ccccc1N. The van der Waals surface area contributed by atoms with E-state index >= 15 is 0 Å². The number of hydrogen-bond donors (Lipinski definition) is 2. The lowest BCUT2D eigenvalue weighted by Crippen LogP contribution is -2.10. The second-order valence-corrected chi connectivity index (χ2v) is 4.26. The van der Waals surface area contributed by atoms with Crippen LogP contribution in [0.2, 0.25) is 0 Å². The summed E-state index contributed by atoms with van der Waals surface area (Å²) in [5.41, 5.74) is 7.66. The minimum absolute atomic E-state index is 0.147. The number of hydrogen-bond acceptors (Lipinski definition) is 2. The van der Waals surface area contributed by atoms with Gasteiger partial charge in [0.2, 0.25) is 0 Å². The molecule has 60 valence electrons. The van der Waals surface area contributed by atoms with Crippen LogP contribution in [0.15, 0.2) is 24.3 Å². The lowest BCUT2D eigenvalue weighted by atomic mass is 10.0. The van der Waals surface area contributed by atoms with Crippen LogP contribution in [-0.4, -0.2) is 0 Å². The first-order chi connectivity index (χ1) is 5.02. The van der Waals surface area contributed by atoms with Gasteiger partial charge < -0.3 is 5.73 Å². The Balaban J connectivity index is 3.14. The molecule has 1 aromatic carbocycles. The van der Waals surface area contributed by atoms with Crippen LogP contribution >= 0.6 is 12.6 Å². The van der Waals surface area contributed by atoms with Crippen LogP contribution in [0.4, 0.5) is 5.69 Å². The summed E-state index contributed by atoms with van der Waals surface area (Å²) in [6, 6.07) is 7.80. The zero-order chi connectivity index (χ0) is 8.48. The number of anilines is 1. The van der Waals surface area contributed by atoms with Crippen molar-refractivity contribution in [2.45, 2.75) is 18.6 Å². The fraction of sp³-hybridized carbons (Fsp3) is 0.333. The Morgan fingerprint density at radius 2 is 1.82 bits per heavy atom. The molecule has 1 aromatic rings. The minimum Gasteiger partial charge on any atom is -0.398 e. The molecule has 0 bridgehead atoms. The third kappa shape index (κ3) is 1.90. The molecule has 0 saturated heterocycles. The van der Waals surface area contributed by atoms with E-state index in [0.29, 0.717) is 0 Å². The van der Waals surface area contributed by atoms with Crippen molar-refractivity contribution < 1.29 is 0 Å². The molecule has 1 nitrogen and oxygen atoms in total. The zero-order valence-electron chi connectivity index (χ0n) is 6.83. The van der Waals surface area contributed by atoms with Gasteiger partial charge in [0.25, 0.3) is 0 Å². The van der Waals surface area contributed by atoms with Crippen molar-refractivity contribution in [1.29, 1.82) is 0 Å². The summed E-state index contributed by atoms with van der Waals surface area (Å²) in [6.45, 7) is 4.06. The Bertz CT molecular complexity index is 250. The molecule has 0 aromatic heterocycles. The van der Waals surface area contributed by atoms with Gasteiger partial charge in [-0.25, -0.2) is 0 Å². The van der Waals surface area contributed by atoms with Crippen molar-refractivity contribution in [3.63, 3.8) is 0 Å². The van der Waals surface area contributed by atoms with Gasteiger partial charge in [-0.1, -0.05) is 18.2 Å². The van der Waals surface area contributed by atoms with E-state index < -0.39 is 0 Å². The maximum Gasteiger partial charge on any atom is 0.0360 e. The highest BCUT2D eigenvalue weighted by molar-refractivity contribution is 7.81. The van der Waals surface area contributed by atoms with Crippen LogP contribution in [-0.2, 0) is 4.75 Å². The van der Waals surface area contributed by atoms with Gasteiger partial charge in [-0.2, -0.15) is 12.6 Å². The zero-order valence-corrected chi connectivity index (χ0v) is 7.73. The molecule has 0 saturated carbocycles. The predicted molar refractivity (Wildman–Crippen MR) is 52.9 cm³/mol. The third-order valence-electron chi connectivity index (χ3n) is 1.62. The molecule has 0 aliphatic heterocycles. The molecule has 0 radical (unpaired) electrons. The van der Waals surface area contributed by atoms with E-state index in [0.717, 1.165) is 11.3 Å². The molecule has 11 heavy (non-hydrogen) atoms. The molecular formula is C9H13NS. The molecule has 0 amide bonds. The van der Waals surface area contributed by atoms with Crippen molar-refractivity contribution in [3.05, 3.63) is 29.8 Å². The number of thiol groups is 1. The maximum absolute atomic E-state index is 5.76. The summed E-state index contributed by atoms with van der Waals surface area (Å²) in [6.07, 6.45) is 0. The first-order valence-electron chi connectivity index (χ1n) is 3.59. The van der Waals surface area contributed by atoms with Gasteiger partial charge in [-0.3, -0.25) is 0 Å². The van der Waals surface area contributed by atoms with Crippen LogP contribution in [0, 0.1) is 0 Å². The van der Waals surface area contributed by atoms with E-state index in [-0.39, 0.29) is 4.75 Å². The van der Waals surface area contributed by atoms with Crippen molar-refractivity contribution in [1.82, 2.24) is 0 Å². The highest BCUT2D eigenvalue weighted by Gasteiger charge is 2.16. The van der Waals surface area contributed by atoms with Crippen LogP contribution in [0.1, 0.15) is 19.4 Å². The van der Waals surface area contributed by atoms with Gasteiger partial charge in [0.1, 0.15) is 0 Å². The standard InChI is InChI=1S/C9H13NS/c1-9(2,11)7-5-3-4-6-8(7)10/h3-6,11H,10H2,1-2H3. The van der Waals surface area contributed by atoms with Crippen LogP contribution < -0.4 is 5.73 Å². The Kier molecular flexibility index (Phi) is 2.14. The summed E-state index contributed by atoms with van der Waals surface area (Å²) in [4.78, 5) is 0. The monoisotopic (exact) mass is 167 g/mol. The normalized spacial score (nSPS) is 11.5. The van der Waals surface area contributed by atoms with E-state index in [2.05, 4.69) is 12.6 Å². The summed E-state index contributed by atoms with van der Waals surface area (Å²) in [5, 5.41) is 0. The van der Waals surface area contributed by atoms with Crippen molar-refractivity contribution in [2.75, 3.05) is 5.73 Å². The van der Waals surface area contributed by atoms with Gasteiger partial charge in [-0.15, -0.1) is 0 Å². The average Bonchev–Trinajstić information content (AvgIpc) is 1.86. The summed E-state index contributed by atoms with van der Waals surface area (Å²) >= 11 is 4.43. The van der Waals surface area contributed by atoms with Crippen LogP contribution in [0.5, 0.6) is 0 Å². The molecular weight excluding hydrogens is 154 g/mol. The van der Waals surface area contributed by atoms with Crippen molar-refractivity contribution in [2.24, 2.45) is 0 Å². The molecule has 0 unspecified atom stereocenters. The van der Waals surface area contributed by atoms with Gasteiger partial charge in [0.15, 0.2) is 0 Å². The van der Waals surface area contributed by atoms with E-state index in [4.69, 9.17) is 5.73 Å². The second kappa shape index (κ2) is 2.78. The average molecular weight is 167 g/mol. The largest absolute Gasteiger partial charge is 0.398 e. The molecule has 0 aliphatic rings. The van der Waals surface area contributed by atoms with Crippen LogP contribution in [0.3, 0.4) is 0 Å². The molecule has 1 rings (SSSR count). The number of rotatable bonds is 1. The van der Waals surface area contributed by atoms with Gasteiger partial charge in [-0.05, 0) is 25.5 Å². The lowest BCUT2D eigenvalue weighted by Gasteiger charge is -2.19. The Labute approximate surface area is 73.0 Å². The molecule has 0 aliphatic carbocycles. The number of nitrogens with two attached hydrogens (primary N) is 1. The smallest absolute Gasteiger partial charge is 0.0360 e. The maximum atomic E-state index is 5.76. The van der Waals surface area contributed by atoms with E-state index in [1.54, 1.807) is 0 Å². The van der Waals surface area contributed by atoms with E-state index in [1.807, 2.05) is 38.1 Å². The van der Waals surface area contributed by atoms with Crippen molar-refractivity contribution in [3.8, 4) is 0 Å². The summed E-state index contributed by atoms with van der Waals surface area (Å²) in [7, 11) is 0. The molecule has 2 N–H and O–H groups in total. The quantitative estimate of drug-likeness (QED) is 0.487. The highest BCUT2D eigenvalue weighted by atomic mass is 32.1. The second-order valence-electron chi connectivity index (χ2n) is 3.15. The fourth-order valence-electron chi connectivity index (χ4n) is 1.05. The van der Waals surface area contributed by atoms with Gasteiger partial charge in [0.05, 0.1) is 0 Å². The number of para-hydroxylation sites is 1. The molecule has 0 heterocycles. The van der Waals surface area contributed by atoms with E-state index in [9.17, 15) is 0 Å². The van der Waals surface area contributed by atoms with Gasteiger partial charge >= 0.3 is 0 Å². The minimum atomic E-state index is -0.147. The number of nitrogen functional groups attached to an aromatic ring is 1. The van der Waals surface area contributed by atoms with E-state index in [1.165, 1.54) is 0 Å². The topological polar surface area (TPSA) is 26.0 Å². The highest BCUT2D eigenvalue weighted by Crippen LogP contribution is 2.30. The lowest BCUT2D eigenvalue weighted by molar-refractivity contribution is 0.794. The van der Waals surface area contributed by atoms with Crippen LogP contribution in [0.25, 0.3) is 0 Å². The first-order valence-corrected chi connectivity index (χ1v) is 4.04. The first kappa shape index (κ1) is 8.47. The number of benzene rings is 1.